The maximum atomic E-state index is 10.9. The molecule has 64 valence electrons. The van der Waals surface area contributed by atoms with Crippen LogP contribution in [0.25, 0.3) is 0 Å². The molecule has 0 aliphatic heterocycles. The van der Waals surface area contributed by atoms with Crippen molar-refractivity contribution in [3.05, 3.63) is 0 Å². The number of carbonyl (C=O) groups excluding carboxylic acids is 1. The fourth-order valence-corrected chi connectivity index (χ4v) is 1.29. The first-order chi connectivity index (χ1) is 5.24. The molecule has 0 unspecified atom stereocenters. The summed E-state index contributed by atoms with van der Waals surface area (Å²) in [6.07, 6.45) is 3.62. The van der Waals surface area contributed by atoms with Crippen LogP contribution in [0.2, 0.25) is 0 Å². The van der Waals surface area contributed by atoms with Crippen molar-refractivity contribution in [3.63, 3.8) is 0 Å². The van der Waals surface area contributed by atoms with Gasteiger partial charge < -0.3 is 9.64 Å². The van der Waals surface area contributed by atoms with Gasteiger partial charge in [-0.2, -0.15) is 0 Å². The highest BCUT2D eigenvalue weighted by Crippen LogP contribution is 2.26. The van der Waals surface area contributed by atoms with Crippen molar-refractivity contribution in [2.24, 2.45) is 5.92 Å². The van der Waals surface area contributed by atoms with E-state index in [4.69, 9.17) is 0 Å². The second kappa shape index (κ2) is 3.60. The average Bonchev–Trinajstić information content (AvgIpc) is 1.94. The molecule has 0 radical (unpaired) electrons. The van der Waals surface area contributed by atoms with Gasteiger partial charge in [-0.3, -0.25) is 0 Å². The average molecular weight is 157 g/mol. The molecule has 1 aliphatic carbocycles. The number of hydrogen-bond acceptors (Lipinski definition) is 2. The quantitative estimate of drug-likeness (QED) is 0.607. The van der Waals surface area contributed by atoms with Crippen LogP contribution >= 0.6 is 0 Å². The molecule has 0 heterocycles. The summed E-state index contributed by atoms with van der Waals surface area (Å²) in [5.74, 6) is 0.721. The topological polar surface area (TPSA) is 29.5 Å². The zero-order valence-corrected chi connectivity index (χ0v) is 7.17. The SMILES string of the molecule is COC(=O)N(C)CC1CCC1. The normalized spacial score (nSPS) is 17.3. The summed E-state index contributed by atoms with van der Waals surface area (Å²) in [5, 5.41) is 0. The summed E-state index contributed by atoms with van der Waals surface area (Å²) < 4.78 is 4.57. The Morgan fingerprint density at radius 1 is 1.64 bits per heavy atom. The molecule has 0 aromatic carbocycles. The van der Waals surface area contributed by atoms with Crippen LogP contribution in [0, 0.1) is 5.92 Å². The molecule has 3 heteroatoms. The summed E-state index contributed by atoms with van der Waals surface area (Å²) in [6.45, 7) is 0.854. The molecular formula is C8H15NO2. The highest BCUT2D eigenvalue weighted by molar-refractivity contribution is 5.66. The van der Waals surface area contributed by atoms with Gasteiger partial charge in [-0.15, -0.1) is 0 Å². The third-order valence-electron chi connectivity index (χ3n) is 2.24. The molecule has 11 heavy (non-hydrogen) atoms. The molecule has 0 bridgehead atoms. The van der Waals surface area contributed by atoms with Crippen LogP contribution in [-0.2, 0) is 4.74 Å². The van der Waals surface area contributed by atoms with E-state index in [0.29, 0.717) is 0 Å². The molecular weight excluding hydrogens is 142 g/mol. The molecule has 0 aromatic rings. The van der Waals surface area contributed by atoms with Crippen LogP contribution < -0.4 is 0 Å². The van der Waals surface area contributed by atoms with Crippen molar-refractivity contribution in [2.45, 2.75) is 19.3 Å². The van der Waals surface area contributed by atoms with E-state index in [1.54, 1.807) is 11.9 Å². The van der Waals surface area contributed by atoms with Crippen molar-refractivity contribution < 1.29 is 9.53 Å². The standard InChI is InChI=1S/C8H15NO2/c1-9(8(10)11-2)6-7-4-3-5-7/h7H,3-6H2,1-2H3. The van der Waals surface area contributed by atoms with Gasteiger partial charge in [-0.05, 0) is 18.8 Å². The van der Waals surface area contributed by atoms with Crippen LogP contribution in [0.5, 0.6) is 0 Å². The Bertz CT molecular complexity index is 143. The summed E-state index contributed by atoms with van der Waals surface area (Å²) in [7, 11) is 3.20. The number of rotatable bonds is 2. The lowest BCUT2D eigenvalue weighted by Gasteiger charge is -2.29. The van der Waals surface area contributed by atoms with Gasteiger partial charge in [0.2, 0.25) is 0 Å². The van der Waals surface area contributed by atoms with Crippen LogP contribution in [0.4, 0.5) is 4.79 Å². The number of nitrogens with zero attached hydrogens (tertiary/aromatic N) is 1. The van der Waals surface area contributed by atoms with Crippen molar-refractivity contribution >= 4 is 6.09 Å². The van der Waals surface area contributed by atoms with E-state index < -0.39 is 0 Å². The molecule has 1 saturated carbocycles. The van der Waals surface area contributed by atoms with Crippen molar-refractivity contribution in [1.29, 1.82) is 0 Å². The van der Waals surface area contributed by atoms with Crippen molar-refractivity contribution in [2.75, 3.05) is 20.7 Å². The predicted octanol–water partition coefficient (Wildman–Crippen LogP) is 1.48. The van der Waals surface area contributed by atoms with Gasteiger partial charge in [0.15, 0.2) is 0 Å². The van der Waals surface area contributed by atoms with E-state index in [2.05, 4.69) is 4.74 Å². The molecule has 0 spiro atoms. The zero-order chi connectivity index (χ0) is 8.27. The first-order valence-electron chi connectivity index (χ1n) is 4.03. The Kier molecular flexibility index (Phi) is 2.74. The smallest absolute Gasteiger partial charge is 0.409 e. The first-order valence-corrected chi connectivity index (χ1v) is 4.03. The van der Waals surface area contributed by atoms with Gasteiger partial charge in [-0.25, -0.2) is 4.79 Å². The minimum atomic E-state index is -0.225. The van der Waals surface area contributed by atoms with E-state index in [9.17, 15) is 4.79 Å². The molecule has 1 rings (SSSR count). The molecule has 3 nitrogen and oxygen atoms in total. The molecule has 0 atom stereocenters. The lowest BCUT2D eigenvalue weighted by Crippen LogP contribution is -2.34. The molecule has 1 amide bonds. The highest BCUT2D eigenvalue weighted by atomic mass is 16.5. The van der Waals surface area contributed by atoms with Crippen LogP contribution in [0.15, 0.2) is 0 Å². The van der Waals surface area contributed by atoms with Gasteiger partial charge >= 0.3 is 6.09 Å². The Hall–Kier alpha value is -0.730. The van der Waals surface area contributed by atoms with E-state index in [1.807, 2.05) is 0 Å². The predicted molar refractivity (Wildman–Crippen MR) is 42.4 cm³/mol. The molecule has 1 aliphatic rings. The van der Waals surface area contributed by atoms with Crippen LogP contribution in [-0.4, -0.2) is 31.7 Å². The van der Waals surface area contributed by atoms with Crippen LogP contribution in [0.3, 0.4) is 0 Å². The van der Waals surface area contributed by atoms with Gasteiger partial charge in [-0.1, -0.05) is 6.42 Å². The Balaban J connectivity index is 2.18. The minimum Gasteiger partial charge on any atom is -0.453 e. The summed E-state index contributed by atoms with van der Waals surface area (Å²) in [6, 6.07) is 0. The molecule has 1 fully saturated rings. The van der Waals surface area contributed by atoms with E-state index in [1.165, 1.54) is 26.4 Å². The van der Waals surface area contributed by atoms with Crippen LogP contribution in [0.1, 0.15) is 19.3 Å². The summed E-state index contributed by atoms with van der Waals surface area (Å²) in [4.78, 5) is 12.5. The number of hydrogen-bond donors (Lipinski definition) is 0. The maximum Gasteiger partial charge on any atom is 0.409 e. The number of methoxy groups -OCH3 is 1. The van der Waals surface area contributed by atoms with E-state index in [0.717, 1.165) is 12.5 Å². The molecule has 0 saturated heterocycles. The van der Waals surface area contributed by atoms with E-state index in [-0.39, 0.29) is 6.09 Å². The highest BCUT2D eigenvalue weighted by Gasteiger charge is 2.21. The lowest BCUT2D eigenvalue weighted by atomic mass is 9.85. The van der Waals surface area contributed by atoms with Gasteiger partial charge in [0, 0.05) is 13.6 Å². The molecule has 0 aromatic heterocycles. The maximum absolute atomic E-state index is 10.9. The second-order valence-corrected chi connectivity index (χ2v) is 3.15. The largest absolute Gasteiger partial charge is 0.453 e. The Labute approximate surface area is 67.3 Å². The Morgan fingerprint density at radius 3 is 2.64 bits per heavy atom. The fraction of sp³-hybridized carbons (Fsp3) is 0.875. The second-order valence-electron chi connectivity index (χ2n) is 3.15. The number of amides is 1. The van der Waals surface area contributed by atoms with Gasteiger partial charge in [0.05, 0.1) is 7.11 Å². The Morgan fingerprint density at radius 2 is 2.27 bits per heavy atom. The summed E-state index contributed by atoms with van der Waals surface area (Å²) in [5.41, 5.74) is 0. The third kappa shape index (κ3) is 2.10. The molecule has 0 N–H and O–H groups in total. The van der Waals surface area contributed by atoms with E-state index >= 15 is 0 Å². The monoisotopic (exact) mass is 157 g/mol. The minimum absolute atomic E-state index is 0.225. The number of carbonyl (C=O) groups is 1. The van der Waals surface area contributed by atoms with Crippen molar-refractivity contribution in [1.82, 2.24) is 4.90 Å². The van der Waals surface area contributed by atoms with Gasteiger partial charge in [0.1, 0.15) is 0 Å². The zero-order valence-electron chi connectivity index (χ0n) is 7.17. The number of ether oxygens (including phenoxy) is 1. The van der Waals surface area contributed by atoms with Gasteiger partial charge in [0.25, 0.3) is 0 Å². The summed E-state index contributed by atoms with van der Waals surface area (Å²) >= 11 is 0. The third-order valence-corrected chi connectivity index (χ3v) is 2.24. The lowest BCUT2D eigenvalue weighted by molar-refractivity contribution is 0.118. The van der Waals surface area contributed by atoms with Crippen molar-refractivity contribution in [3.8, 4) is 0 Å². The fourth-order valence-electron chi connectivity index (χ4n) is 1.29. The first kappa shape index (κ1) is 8.37.